The third-order valence-electron chi connectivity index (χ3n) is 3.88. The molecule has 18 heavy (non-hydrogen) atoms. The molecule has 3 atom stereocenters. The number of hydrogen-bond donors (Lipinski definition) is 1. The van der Waals surface area contributed by atoms with Crippen molar-refractivity contribution in [2.24, 2.45) is 11.7 Å². The second-order valence-corrected chi connectivity index (χ2v) is 5.48. The van der Waals surface area contributed by atoms with Crippen molar-refractivity contribution in [2.45, 2.75) is 32.0 Å². The van der Waals surface area contributed by atoms with Crippen LogP contribution in [0.2, 0.25) is 0 Å². The smallest absolute Gasteiger partial charge is 0.101 e. The number of hydrogen-bond acceptors (Lipinski definition) is 2. The Balaban J connectivity index is 2.22. The minimum Gasteiger partial charge on any atom is -0.330 e. The van der Waals surface area contributed by atoms with Gasteiger partial charge in [-0.1, -0.05) is 24.3 Å². The fourth-order valence-corrected chi connectivity index (χ4v) is 2.99. The van der Waals surface area contributed by atoms with E-state index in [4.69, 9.17) is 5.73 Å². The first-order valence-corrected chi connectivity index (χ1v) is 6.74. The van der Waals surface area contributed by atoms with Crippen molar-refractivity contribution < 1.29 is 4.39 Å². The van der Waals surface area contributed by atoms with Gasteiger partial charge < -0.3 is 5.73 Å². The van der Waals surface area contributed by atoms with E-state index in [-0.39, 0.29) is 0 Å². The SMILES string of the molecule is CC(F)Cc1ccccc1C1CC(CN)CN1C. The molecule has 3 unspecified atom stereocenters. The van der Waals surface area contributed by atoms with Crippen LogP contribution in [0.5, 0.6) is 0 Å². The third-order valence-corrected chi connectivity index (χ3v) is 3.88. The van der Waals surface area contributed by atoms with Crippen molar-refractivity contribution in [1.29, 1.82) is 0 Å². The molecule has 1 aliphatic heterocycles. The number of nitrogens with two attached hydrogens (primary N) is 1. The highest BCUT2D eigenvalue weighted by Crippen LogP contribution is 2.35. The molecule has 0 saturated carbocycles. The molecule has 1 heterocycles. The summed E-state index contributed by atoms with van der Waals surface area (Å²) in [6, 6.07) is 8.63. The Morgan fingerprint density at radius 3 is 2.78 bits per heavy atom. The Labute approximate surface area is 109 Å². The lowest BCUT2D eigenvalue weighted by Crippen LogP contribution is -2.21. The van der Waals surface area contributed by atoms with Gasteiger partial charge in [0.15, 0.2) is 0 Å². The van der Waals surface area contributed by atoms with Gasteiger partial charge in [-0.25, -0.2) is 4.39 Å². The largest absolute Gasteiger partial charge is 0.330 e. The van der Waals surface area contributed by atoms with Crippen LogP contribution in [-0.2, 0) is 6.42 Å². The molecule has 0 spiro atoms. The van der Waals surface area contributed by atoms with Gasteiger partial charge in [-0.05, 0) is 44.0 Å². The summed E-state index contributed by atoms with van der Waals surface area (Å²) in [4.78, 5) is 2.35. The summed E-state index contributed by atoms with van der Waals surface area (Å²) in [6.07, 6.45) is 0.807. The van der Waals surface area contributed by atoms with Crippen molar-refractivity contribution in [3.8, 4) is 0 Å². The zero-order valence-corrected chi connectivity index (χ0v) is 11.3. The number of benzene rings is 1. The first kappa shape index (κ1) is 13.5. The fraction of sp³-hybridized carbons (Fsp3) is 0.600. The summed E-state index contributed by atoms with van der Waals surface area (Å²) in [6.45, 7) is 3.40. The number of halogens is 1. The molecule has 1 aliphatic rings. The van der Waals surface area contributed by atoms with E-state index in [0.717, 1.165) is 25.1 Å². The van der Waals surface area contributed by atoms with Gasteiger partial charge in [-0.3, -0.25) is 4.90 Å². The molecule has 2 nitrogen and oxygen atoms in total. The zero-order valence-electron chi connectivity index (χ0n) is 11.3. The van der Waals surface area contributed by atoms with Crippen molar-refractivity contribution >= 4 is 0 Å². The molecule has 1 aromatic carbocycles. The summed E-state index contributed by atoms with van der Waals surface area (Å²) < 4.78 is 13.3. The Morgan fingerprint density at radius 2 is 2.17 bits per heavy atom. The Hall–Kier alpha value is -0.930. The van der Waals surface area contributed by atoms with Crippen molar-refractivity contribution in [2.75, 3.05) is 20.1 Å². The van der Waals surface area contributed by atoms with Gasteiger partial charge in [0.05, 0.1) is 0 Å². The maximum Gasteiger partial charge on any atom is 0.101 e. The van der Waals surface area contributed by atoms with E-state index in [9.17, 15) is 4.39 Å². The maximum atomic E-state index is 13.3. The molecule has 1 fully saturated rings. The van der Waals surface area contributed by atoms with Gasteiger partial charge in [0.1, 0.15) is 6.17 Å². The zero-order chi connectivity index (χ0) is 13.1. The summed E-state index contributed by atoms with van der Waals surface area (Å²) in [7, 11) is 2.13. The minimum atomic E-state index is -0.789. The second kappa shape index (κ2) is 5.81. The average molecular weight is 250 g/mol. The van der Waals surface area contributed by atoms with E-state index in [1.165, 1.54) is 5.56 Å². The lowest BCUT2D eigenvalue weighted by molar-refractivity contribution is 0.309. The van der Waals surface area contributed by atoms with Crippen LogP contribution in [0, 0.1) is 5.92 Å². The average Bonchev–Trinajstić information content (AvgIpc) is 2.70. The van der Waals surface area contributed by atoms with Gasteiger partial charge in [-0.2, -0.15) is 0 Å². The fourth-order valence-electron chi connectivity index (χ4n) is 2.99. The lowest BCUT2D eigenvalue weighted by Gasteiger charge is -2.22. The molecule has 2 rings (SSSR count). The summed E-state index contributed by atoms with van der Waals surface area (Å²) in [5.41, 5.74) is 8.19. The van der Waals surface area contributed by atoms with E-state index >= 15 is 0 Å². The number of likely N-dealkylation sites (tertiary alicyclic amines) is 1. The quantitative estimate of drug-likeness (QED) is 0.890. The minimum absolute atomic E-state index is 0.397. The van der Waals surface area contributed by atoms with Crippen LogP contribution >= 0.6 is 0 Å². The highest BCUT2D eigenvalue weighted by atomic mass is 19.1. The molecule has 2 N–H and O–H groups in total. The van der Waals surface area contributed by atoms with Gasteiger partial charge in [-0.15, -0.1) is 0 Å². The van der Waals surface area contributed by atoms with Crippen molar-refractivity contribution in [3.05, 3.63) is 35.4 Å². The summed E-state index contributed by atoms with van der Waals surface area (Å²) in [5.74, 6) is 0.566. The molecular weight excluding hydrogens is 227 g/mol. The number of alkyl halides is 1. The van der Waals surface area contributed by atoms with Crippen LogP contribution < -0.4 is 5.73 Å². The Bertz CT molecular complexity index is 392. The van der Waals surface area contributed by atoms with Crippen LogP contribution in [0.4, 0.5) is 4.39 Å². The topological polar surface area (TPSA) is 29.3 Å². The predicted molar refractivity (Wildman–Crippen MR) is 73.2 cm³/mol. The first-order chi connectivity index (χ1) is 8.61. The first-order valence-electron chi connectivity index (χ1n) is 6.74. The molecule has 0 radical (unpaired) electrons. The van der Waals surface area contributed by atoms with Gasteiger partial charge in [0.25, 0.3) is 0 Å². The van der Waals surface area contributed by atoms with Gasteiger partial charge >= 0.3 is 0 Å². The predicted octanol–water partition coefficient (Wildman–Crippen LogP) is 2.54. The molecule has 3 heteroatoms. The van der Waals surface area contributed by atoms with E-state index in [1.54, 1.807) is 6.92 Å². The Kier molecular flexibility index (Phi) is 4.36. The maximum absolute atomic E-state index is 13.3. The molecule has 1 saturated heterocycles. The molecule has 0 amide bonds. The van der Waals surface area contributed by atoms with E-state index in [0.29, 0.717) is 18.4 Å². The van der Waals surface area contributed by atoms with E-state index in [1.807, 2.05) is 12.1 Å². The van der Waals surface area contributed by atoms with Crippen molar-refractivity contribution in [3.63, 3.8) is 0 Å². The third kappa shape index (κ3) is 2.90. The van der Waals surface area contributed by atoms with Gasteiger partial charge in [0, 0.05) is 19.0 Å². The molecule has 0 aliphatic carbocycles. The molecular formula is C15H23FN2. The van der Waals surface area contributed by atoms with E-state index in [2.05, 4.69) is 24.1 Å². The summed E-state index contributed by atoms with van der Waals surface area (Å²) >= 11 is 0. The summed E-state index contributed by atoms with van der Waals surface area (Å²) in [5, 5.41) is 0. The highest BCUT2D eigenvalue weighted by Gasteiger charge is 2.30. The second-order valence-electron chi connectivity index (χ2n) is 5.48. The van der Waals surface area contributed by atoms with Crippen LogP contribution in [0.1, 0.15) is 30.5 Å². The monoisotopic (exact) mass is 250 g/mol. The van der Waals surface area contributed by atoms with Gasteiger partial charge in [0.2, 0.25) is 0 Å². The number of rotatable bonds is 4. The molecule has 0 bridgehead atoms. The van der Waals surface area contributed by atoms with Crippen LogP contribution in [0.25, 0.3) is 0 Å². The normalized spacial score (nSPS) is 26.4. The number of nitrogens with zero attached hydrogens (tertiary/aromatic N) is 1. The van der Waals surface area contributed by atoms with Crippen LogP contribution in [-0.4, -0.2) is 31.2 Å². The molecule has 100 valence electrons. The highest BCUT2D eigenvalue weighted by molar-refractivity contribution is 5.31. The molecule has 1 aromatic rings. The Morgan fingerprint density at radius 1 is 1.44 bits per heavy atom. The van der Waals surface area contributed by atoms with Crippen LogP contribution in [0.15, 0.2) is 24.3 Å². The lowest BCUT2D eigenvalue weighted by atomic mass is 9.93. The van der Waals surface area contributed by atoms with Crippen LogP contribution in [0.3, 0.4) is 0 Å². The standard InChI is InChI=1S/C15H23FN2/c1-11(16)7-13-5-3-4-6-14(13)15-8-12(9-17)10-18(15)2/h3-6,11-12,15H,7-10,17H2,1-2H3. The molecule has 0 aromatic heterocycles. The van der Waals surface area contributed by atoms with E-state index < -0.39 is 6.17 Å². The van der Waals surface area contributed by atoms with Crippen molar-refractivity contribution in [1.82, 2.24) is 4.90 Å².